The molecule has 0 unspecified atom stereocenters. The van der Waals surface area contributed by atoms with E-state index in [2.05, 4.69) is 25.7 Å². The van der Waals surface area contributed by atoms with Crippen LogP contribution in [-0.2, 0) is 13.0 Å². The minimum absolute atomic E-state index is 0.114. The molecule has 0 aliphatic heterocycles. The quantitative estimate of drug-likeness (QED) is 0.740. The minimum atomic E-state index is -0.114. The first-order valence-electron chi connectivity index (χ1n) is 7.30. The van der Waals surface area contributed by atoms with Crippen LogP contribution >= 0.6 is 11.6 Å². The van der Waals surface area contributed by atoms with E-state index in [0.717, 1.165) is 12.0 Å². The van der Waals surface area contributed by atoms with Gasteiger partial charge in [0.1, 0.15) is 0 Å². The van der Waals surface area contributed by atoms with Crippen LogP contribution in [0.15, 0.2) is 33.2 Å². The van der Waals surface area contributed by atoms with Crippen LogP contribution in [0.4, 0.5) is 0 Å². The van der Waals surface area contributed by atoms with Crippen molar-refractivity contribution >= 4 is 11.6 Å². The molecule has 3 rings (SSSR count). The highest BCUT2D eigenvalue weighted by Crippen LogP contribution is 2.21. The molecular formula is C15H16ClN5O2. The third kappa shape index (κ3) is 3.75. The standard InChI is InChI=1S/C15H16ClN5O2/c1-3-12-19-20-13(22-12)8-17-9(2)14-18-15(23-21-14)10-4-6-11(16)7-5-10/h4-7,9,17H,3,8H2,1-2H3/t9-/m1/s1. The molecule has 2 aromatic heterocycles. The number of rotatable bonds is 6. The molecule has 2 heterocycles. The highest BCUT2D eigenvalue weighted by atomic mass is 35.5. The van der Waals surface area contributed by atoms with Gasteiger partial charge in [-0.25, -0.2) is 0 Å². The van der Waals surface area contributed by atoms with Crippen molar-refractivity contribution in [2.24, 2.45) is 0 Å². The normalized spacial score (nSPS) is 12.5. The van der Waals surface area contributed by atoms with Gasteiger partial charge in [-0.1, -0.05) is 23.7 Å². The Morgan fingerprint density at radius 2 is 1.91 bits per heavy atom. The summed E-state index contributed by atoms with van der Waals surface area (Å²) in [4.78, 5) is 4.39. The van der Waals surface area contributed by atoms with Crippen molar-refractivity contribution in [1.29, 1.82) is 0 Å². The second-order valence-electron chi connectivity index (χ2n) is 5.01. The molecule has 0 fully saturated rings. The van der Waals surface area contributed by atoms with Crippen LogP contribution in [0.1, 0.15) is 37.5 Å². The van der Waals surface area contributed by atoms with Gasteiger partial charge in [-0.2, -0.15) is 4.98 Å². The van der Waals surface area contributed by atoms with Gasteiger partial charge in [-0.3, -0.25) is 5.32 Å². The second kappa shape index (κ2) is 6.89. The molecule has 0 bridgehead atoms. The number of hydrogen-bond donors (Lipinski definition) is 1. The van der Waals surface area contributed by atoms with Crippen molar-refractivity contribution in [2.75, 3.05) is 0 Å². The average molecular weight is 334 g/mol. The van der Waals surface area contributed by atoms with Crippen LogP contribution in [0.2, 0.25) is 5.02 Å². The summed E-state index contributed by atoms with van der Waals surface area (Å²) in [5.41, 5.74) is 0.824. The third-order valence-electron chi connectivity index (χ3n) is 3.29. The molecule has 8 heteroatoms. The van der Waals surface area contributed by atoms with E-state index in [-0.39, 0.29) is 6.04 Å². The van der Waals surface area contributed by atoms with Crippen molar-refractivity contribution in [3.05, 3.63) is 46.9 Å². The zero-order chi connectivity index (χ0) is 16.2. The van der Waals surface area contributed by atoms with E-state index in [1.807, 2.05) is 26.0 Å². The zero-order valence-electron chi connectivity index (χ0n) is 12.8. The van der Waals surface area contributed by atoms with Gasteiger partial charge in [-0.05, 0) is 31.2 Å². The Balaban J connectivity index is 1.63. The predicted molar refractivity (Wildman–Crippen MR) is 83.7 cm³/mol. The Hall–Kier alpha value is -2.25. The Morgan fingerprint density at radius 3 is 2.61 bits per heavy atom. The SMILES string of the molecule is CCc1nnc(CN[C@H](C)c2noc(-c3ccc(Cl)cc3)n2)o1. The van der Waals surface area contributed by atoms with Gasteiger partial charge in [0.2, 0.25) is 11.8 Å². The van der Waals surface area contributed by atoms with E-state index in [1.165, 1.54) is 0 Å². The molecule has 1 atom stereocenters. The molecule has 120 valence electrons. The number of aromatic nitrogens is 4. The monoisotopic (exact) mass is 333 g/mol. The second-order valence-corrected chi connectivity index (χ2v) is 5.45. The molecule has 0 saturated carbocycles. The van der Waals surface area contributed by atoms with E-state index in [4.69, 9.17) is 20.5 Å². The smallest absolute Gasteiger partial charge is 0.257 e. The van der Waals surface area contributed by atoms with E-state index < -0.39 is 0 Å². The van der Waals surface area contributed by atoms with E-state index in [0.29, 0.717) is 35.1 Å². The number of halogens is 1. The summed E-state index contributed by atoms with van der Waals surface area (Å²) in [5, 5.41) is 15.8. The van der Waals surface area contributed by atoms with Gasteiger partial charge >= 0.3 is 0 Å². The third-order valence-corrected chi connectivity index (χ3v) is 3.54. The van der Waals surface area contributed by atoms with Gasteiger partial charge < -0.3 is 8.94 Å². The lowest BCUT2D eigenvalue weighted by Crippen LogP contribution is -2.19. The van der Waals surface area contributed by atoms with E-state index in [1.54, 1.807) is 12.1 Å². The van der Waals surface area contributed by atoms with Crippen LogP contribution in [0.3, 0.4) is 0 Å². The van der Waals surface area contributed by atoms with E-state index in [9.17, 15) is 0 Å². The number of nitrogens with one attached hydrogen (secondary N) is 1. The fourth-order valence-electron chi connectivity index (χ4n) is 1.95. The Bertz CT molecular complexity index is 768. The number of hydrogen-bond acceptors (Lipinski definition) is 7. The van der Waals surface area contributed by atoms with Crippen molar-refractivity contribution in [1.82, 2.24) is 25.7 Å². The molecule has 7 nitrogen and oxygen atoms in total. The topological polar surface area (TPSA) is 89.9 Å². The Labute approximate surface area is 138 Å². The highest BCUT2D eigenvalue weighted by Gasteiger charge is 2.15. The molecule has 1 aromatic carbocycles. The van der Waals surface area contributed by atoms with Crippen molar-refractivity contribution < 1.29 is 8.94 Å². The molecule has 23 heavy (non-hydrogen) atoms. The van der Waals surface area contributed by atoms with Gasteiger partial charge in [0.15, 0.2) is 5.82 Å². The number of benzene rings is 1. The Kier molecular flexibility index (Phi) is 4.68. The van der Waals surface area contributed by atoms with Crippen LogP contribution in [0.25, 0.3) is 11.5 Å². The van der Waals surface area contributed by atoms with Crippen molar-refractivity contribution in [2.45, 2.75) is 32.9 Å². The fourth-order valence-corrected chi connectivity index (χ4v) is 2.08. The van der Waals surface area contributed by atoms with Crippen molar-refractivity contribution in [3.8, 4) is 11.5 Å². The maximum absolute atomic E-state index is 5.87. The number of nitrogens with zero attached hydrogens (tertiary/aromatic N) is 4. The lowest BCUT2D eigenvalue weighted by molar-refractivity contribution is 0.394. The average Bonchev–Trinajstić information content (AvgIpc) is 3.22. The van der Waals surface area contributed by atoms with Crippen LogP contribution in [0, 0.1) is 0 Å². The maximum atomic E-state index is 5.87. The minimum Gasteiger partial charge on any atom is -0.424 e. The predicted octanol–water partition coefficient (Wildman–Crippen LogP) is 3.19. The molecule has 3 aromatic rings. The van der Waals surface area contributed by atoms with Gasteiger partial charge in [0.05, 0.1) is 12.6 Å². The van der Waals surface area contributed by atoms with Crippen LogP contribution in [0.5, 0.6) is 0 Å². The van der Waals surface area contributed by atoms with E-state index >= 15 is 0 Å². The van der Waals surface area contributed by atoms with Gasteiger partial charge in [0, 0.05) is 17.0 Å². The summed E-state index contributed by atoms with van der Waals surface area (Å²) >= 11 is 5.87. The molecular weight excluding hydrogens is 318 g/mol. The first-order valence-corrected chi connectivity index (χ1v) is 7.67. The first kappa shape index (κ1) is 15.6. The fraction of sp³-hybridized carbons (Fsp3) is 0.333. The first-order chi connectivity index (χ1) is 11.2. The molecule has 0 aliphatic carbocycles. The van der Waals surface area contributed by atoms with Crippen molar-refractivity contribution in [3.63, 3.8) is 0 Å². The Morgan fingerprint density at radius 1 is 1.17 bits per heavy atom. The summed E-state index contributed by atoms with van der Waals surface area (Å²) < 4.78 is 10.7. The largest absolute Gasteiger partial charge is 0.424 e. The molecule has 0 radical (unpaired) electrons. The molecule has 0 amide bonds. The van der Waals surface area contributed by atoms with Crippen LogP contribution < -0.4 is 5.32 Å². The summed E-state index contributed by atoms with van der Waals surface area (Å²) in [5.74, 6) is 2.18. The van der Waals surface area contributed by atoms with Gasteiger partial charge in [0.25, 0.3) is 5.89 Å². The summed E-state index contributed by atoms with van der Waals surface area (Å²) in [7, 11) is 0. The summed E-state index contributed by atoms with van der Waals surface area (Å²) in [6, 6.07) is 7.12. The molecule has 1 N–H and O–H groups in total. The summed E-state index contributed by atoms with van der Waals surface area (Å²) in [6.45, 7) is 4.34. The maximum Gasteiger partial charge on any atom is 0.257 e. The summed E-state index contributed by atoms with van der Waals surface area (Å²) in [6.07, 6.45) is 0.720. The number of aryl methyl sites for hydroxylation is 1. The lowest BCUT2D eigenvalue weighted by Gasteiger charge is -2.06. The molecule has 0 saturated heterocycles. The van der Waals surface area contributed by atoms with Crippen LogP contribution in [-0.4, -0.2) is 20.3 Å². The molecule has 0 spiro atoms. The van der Waals surface area contributed by atoms with Gasteiger partial charge in [-0.15, -0.1) is 10.2 Å². The zero-order valence-corrected chi connectivity index (χ0v) is 13.5. The highest BCUT2D eigenvalue weighted by molar-refractivity contribution is 6.30. The lowest BCUT2D eigenvalue weighted by atomic mass is 10.2. The molecule has 0 aliphatic rings.